The van der Waals surface area contributed by atoms with Crippen molar-refractivity contribution in [2.75, 3.05) is 0 Å². The summed E-state index contributed by atoms with van der Waals surface area (Å²) in [6.07, 6.45) is -1.25. The highest BCUT2D eigenvalue weighted by molar-refractivity contribution is 6.33. The molecule has 0 bridgehead atoms. The maximum atomic E-state index is 12.9. The number of aliphatic carboxylic acids is 1. The van der Waals surface area contributed by atoms with Crippen molar-refractivity contribution in [3.63, 3.8) is 0 Å². The van der Waals surface area contributed by atoms with Crippen LogP contribution in [-0.4, -0.2) is 16.9 Å². The third-order valence-electron chi connectivity index (χ3n) is 1.78. The van der Waals surface area contributed by atoms with Crippen molar-refractivity contribution in [3.8, 4) is 0 Å². The molecule has 0 aliphatic rings. The molecule has 86 valence electrons. The minimum absolute atomic E-state index is 0.0284. The van der Waals surface area contributed by atoms with Crippen LogP contribution < -0.4 is 0 Å². The van der Waals surface area contributed by atoms with Gasteiger partial charge in [-0.05, 0) is 0 Å². The molecular weight excluding hydrogens is 232 g/mol. The normalized spacial score (nSPS) is 10.2. The van der Waals surface area contributed by atoms with Gasteiger partial charge in [-0.25, -0.2) is 22.4 Å². The van der Waals surface area contributed by atoms with Gasteiger partial charge in [0.05, 0.1) is 0 Å². The van der Waals surface area contributed by atoms with Gasteiger partial charge < -0.3 is 5.11 Å². The minimum atomic E-state index is -1.94. The highest BCUT2D eigenvalue weighted by Gasteiger charge is 2.23. The molecule has 0 heterocycles. The Morgan fingerprint density at radius 2 is 1.50 bits per heavy atom. The maximum absolute atomic E-state index is 12.9. The number of benzene rings is 1. The Labute approximate surface area is 86.3 Å². The first-order valence-electron chi connectivity index (χ1n) is 3.92. The Bertz CT molecular complexity index is 444. The van der Waals surface area contributed by atoms with Crippen LogP contribution in [0.2, 0.25) is 0 Å². The second-order valence-corrected chi connectivity index (χ2v) is 2.85. The molecule has 1 aromatic carbocycles. The van der Waals surface area contributed by atoms with E-state index in [1.54, 1.807) is 0 Å². The van der Waals surface area contributed by atoms with Crippen molar-refractivity contribution in [1.29, 1.82) is 0 Å². The molecule has 0 aliphatic carbocycles. The molecule has 16 heavy (non-hydrogen) atoms. The van der Waals surface area contributed by atoms with Crippen LogP contribution in [0.5, 0.6) is 0 Å². The van der Waals surface area contributed by atoms with Crippen LogP contribution >= 0.6 is 0 Å². The van der Waals surface area contributed by atoms with Crippen LogP contribution in [0, 0.1) is 23.3 Å². The van der Waals surface area contributed by atoms with Gasteiger partial charge >= 0.3 is 5.97 Å². The first-order chi connectivity index (χ1) is 7.34. The Morgan fingerprint density at radius 3 is 1.88 bits per heavy atom. The van der Waals surface area contributed by atoms with Crippen LogP contribution in [0.4, 0.5) is 17.6 Å². The summed E-state index contributed by atoms with van der Waals surface area (Å²) in [5, 5.41) is 8.18. The van der Waals surface area contributed by atoms with Gasteiger partial charge in [0.1, 0.15) is 0 Å². The average molecular weight is 236 g/mol. The lowest BCUT2D eigenvalue weighted by Gasteiger charge is -2.04. The van der Waals surface area contributed by atoms with Crippen molar-refractivity contribution >= 4 is 11.8 Å². The number of hydrogen-bond acceptors (Lipinski definition) is 2. The fraction of sp³-hybridized carbons (Fsp3) is 0.111. The lowest BCUT2D eigenvalue weighted by atomic mass is 10.1. The van der Waals surface area contributed by atoms with Gasteiger partial charge in [-0.15, -0.1) is 0 Å². The number of carbonyl (C=O) groups is 2. The second-order valence-electron chi connectivity index (χ2n) is 2.85. The lowest BCUT2D eigenvalue weighted by Crippen LogP contribution is -2.17. The van der Waals surface area contributed by atoms with Gasteiger partial charge in [0, 0.05) is 18.1 Å². The molecule has 0 saturated carbocycles. The fourth-order valence-corrected chi connectivity index (χ4v) is 1.01. The number of halogens is 4. The number of ketones is 1. The number of rotatable bonds is 3. The highest BCUT2D eigenvalue weighted by atomic mass is 19.2. The summed E-state index contributed by atoms with van der Waals surface area (Å²) in [6, 6.07) is -0.0284. The third kappa shape index (κ3) is 2.18. The molecule has 1 aromatic rings. The number of carboxylic acid groups (broad SMARTS) is 1. The van der Waals surface area contributed by atoms with Gasteiger partial charge in [-0.2, -0.15) is 0 Å². The van der Waals surface area contributed by atoms with Crippen LogP contribution in [-0.2, 0) is 16.0 Å². The minimum Gasteiger partial charge on any atom is -0.475 e. The molecule has 1 N–H and O–H groups in total. The molecule has 0 aliphatic heterocycles. The predicted octanol–water partition coefficient (Wildman–Crippen LogP) is 1.44. The first kappa shape index (κ1) is 12.2. The summed E-state index contributed by atoms with van der Waals surface area (Å²) < 4.78 is 51.1. The molecule has 0 fully saturated rings. The van der Waals surface area contributed by atoms with E-state index >= 15 is 0 Å². The molecule has 1 rings (SSSR count). The summed E-state index contributed by atoms with van der Waals surface area (Å²) >= 11 is 0. The zero-order valence-corrected chi connectivity index (χ0v) is 7.56. The van der Waals surface area contributed by atoms with E-state index in [4.69, 9.17) is 5.11 Å². The Balaban J connectivity index is 3.22. The smallest absolute Gasteiger partial charge is 0.372 e. The van der Waals surface area contributed by atoms with Gasteiger partial charge in [0.2, 0.25) is 5.78 Å². The molecule has 0 saturated heterocycles. The van der Waals surface area contributed by atoms with E-state index in [1.807, 2.05) is 0 Å². The van der Waals surface area contributed by atoms with Crippen LogP contribution in [0.25, 0.3) is 0 Å². The molecular formula is C9H4F4O3. The first-order valence-corrected chi connectivity index (χ1v) is 3.92. The summed E-state index contributed by atoms with van der Waals surface area (Å²) in [7, 11) is 0. The maximum Gasteiger partial charge on any atom is 0.372 e. The Hall–Kier alpha value is -1.92. The fourth-order valence-electron chi connectivity index (χ4n) is 1.01. The number of Topliss-reactive ketones (excluding diaryl/α,β-unsaturated/α-hetero) is 1. The molecule has 0 atom stereocenters. The van der Waals surface area contributed by atoms with Crippen molar-refractivity contribution in [2.45, 2.75) is 6.42 Å². The molecule has 3 nitrogen and oxygen atoms in total. The van der Waals surface area contributed by atoms with Crippen LogP contribution in [0.1, 0.15) is 5.56 Å². The number of carboxylic acids is 1. The van der Waals surface area contributed by atoms with Gasteiger partial charge in [-0.3, -0.25) is 4.79 Å². The van der Waals surface area contributed by atoms with Gasteiger partial charge in [-0.1, -0.05) is 0 Å². The molecule has 0 amide bonds. The molecule has 0 aromatic heterocycles. The lowest BCUT2D eigenvalue weighted by molar-refractivity contribution is -0.148. The van der Waals surface area contributed by atoms with Crippen molar-refractivity contribution in [1.82, 2.24) is 0 Å². The number of carbonyl (C=O) groups excluding carboxylic acids is 1. The third-order valence-corrected chi connectivity index (χ3v) is 1.78. The highest BCUT2D eigenvalue weighted by Crippen LogP contribution is 2.19. The average Bonchev–Trinajstić information content (AvgIpc) is 2.21. The standard InChI is InChI=1S/C9H4F4O3/c10-4-2-5(11)8(13)3(7(4)12)1-6(14)9(15)16/h2H,1H2,(H,15,16). The van der Waals surface area contributed by atoms with E-state index in [1.165, 1.54) is 0 Å². The van der Waals surface area contributed by atoms with E-state index in [9.17, 15) is 27.2 Å². The monoisotopic (exact) mass is 236 g/mol. The topological polar surface area (TPSA) is 54.4 Å². The number of hydrogen-bond donors (Lipinski definition) is 1. The zero-order chi connectivity index (χ0) is 12.5. The van der Waals surface area contributed by atoms with Gasteiger partial charge in [0.25, 0.3) is 0 Å². The van der Waals surface area contributed by atoms with Crippen LogP contribution in [0.15, 0.2) is 6.07 Å². The van der Waals surface area contributed by atoms with E-state index in [2.05, 4.69) is 0 Å². The zero-order valence-electron chi connectivity index (χ0n) is 7.56. The largest absolute Gasteiger partial charge is 0.475 e. The molecule has 7 heteroatoms. The Kier molecular flexibility index (Phi) is 3.26. The SMILES string of the molecule is O=C(O)C(=O)Cc1c(F)c(F)cc(F)c1F. The predicted molar refractivity (Wildman–Crippen MR) is 42.6 cm³/mol. The van der Waals surface area contributed by atoms with E-state index < -0.39 is 47.0 Å². The Morgan fingerprint density at radius 1 is 1.06 bits per heavy atom. The summed E-state index contributed by atoms with van der Waals surface area (Å²) in [5.41, 5.74) is -1.23. The van der Waals surface area contributed by atoms with E-state index in [-0.39, 0.29) is 6.07 Å². The van der Waals surface area contributed by atoms with Crippen molar-refractivity contribution < 1.29 is 32.3 Å². The van der Waals surface area contributed by atoms with E-state index in [0.717, 1.165) is 0 Å². The molecule has 0 unspecified atom stereocenters. The molecule has 0 spiro atoms. The quantitative estimate of drug-likeness (QED) is 0.490. The summed E-state index contributed by atoms with van der Waals surface area (Å²) in [4.78, 5) is 20.8. The summed E-state index contributed by atoms with van der Waals surface area (Å²) in [5.74, 6) is -10.4. The molecule has 0 radical (unpaired) electrons. The van der Waals surface area contributed by atoms with Crippen LogP contribution in [0.3, 0.4) is 0 Å². The van der Waals surface area contributed by atoms with Crippen molar-refractivity contribution in [2.24, 2.45) is 0 Å². The second kappa shape index (κ2) is 4.30. The van der Waals surface area contributed by atoms with Gasteiger partial charge in [0.15, 0.2) is 23.3 Å². The van der Waals surface area contributed by atoms with Crippen molar-refractivity contribution in [3.05, 3.63) is 34.9 Å². The van der Waals surface area contributed by atoms with E-state index in [0.29, 0.717) is 0 Å². The summed E-state index contributed by atoms with van der Waals surface area (Å²) in [6.45, 7) is 0.